The van der Waals surface area contributed by atoms with Gasteiger partial charge < -0.3 is 0 Å². The zero-order chi connectivity index (χ0) is 15.5. The molecule has 0 unspecified atom stereocenters. The average Bonchev–Trinajstić information content (AvgIpc) is 2.54. The largest absolute Gasteiger partial charge is 0.313 e. The molecule has 0 atom stereocenters. The minimum absolute atomic E-state index is 0.889. The summed E-state index contributed by atoms with van der Waals surface area (Å²) in [6.45, 7) is 0. The van der Waals surface area contributed by atoms with Crippen LogP contribution in [0.25, 0.3) is 21.5 Å². The summed E-state index contributed by atoms with van der Waals surface area (Å²) in [6.07, 6.45) is 5.22. The van der Waals surface area contributed by atoms with Crippen LogP contribution < -0.4 is 0 Å². The maximum atomic E-state index is 8.98. The highest BCUT2D eigenvalue weighted by Crippen LogP contribution is 2.33. The Morgan fingerprint density at radius 2 is 1.45 bits per heavy atom. The van der Waals surface area contributed by atoms with Crippen LogP contribution in [-0.4, -0.2) is 4.70 Å². The Kier molecular flexibility index (Phi) is 4.66. The lowest BCUT2D eigenvalue weighted by atomic mass is 9.86. The third kappa shape index (κ3) is 3.11. The Hall–Kier alpha value is -1.57. The summed E-state index contributed by atoms with van der Waals surface area (Å²) in [6, 6.07) is 18.0. The Labute approximate surface area is 139 Å². The molecular weight excluding hydrogens is 315 g/mol. The first-order valence-electron chi connectivity index (χ1n) is 7.44. The fourth-order valence-corrected chi connectivity index (χ4v) is 3.34. The minimum atomic E-state index is -0.889. The van der Waals surface area contributed by atoms with E-state index in [9.17, 15) is 0 Å². The fourth-order valence-electron chi connectivity index (χ4n) is 3.34. The number of fused-ring (bicyclic) bond motifs is 5. The number of benzene rings is 3. The van der Waals surface area contributed by atoms with Crippen molar-refractivity contribution in [3.05, 3.63) is 59.7 Å². The first-order valence-corrected chi connectivity index (χ1v) is 8.19. The van der Waals surface area contributed by atoms with Crippen LogP contribution in [-0.2, 0) is 12.8 Å². The van der Waals surface area contributed by atoms with Crippen molar-refractivity contribution in [1.82, 2.24) is 0 Å². The van der Waals surface area contributed by atoms with Gasteiger partial charge in [-0.15, -0.1) is 0 Å². The van der Waals surface area contributed by atoms with Crippen LogP contribution in [0.1, 0.15) is 24.0 Å². The molecule has 0 bridgehead atoms. The van der Waals surface area contributed by atoms with Gasteiger partial charge in [0.25, 0.3) is 0 Å². The van der Waals surface area contributed by atoms with E-state index in [-0.39, 0.29) is 0 Å². The molecule has 0 heterocycles. The predicted octanol–water partition coefficient (Wildman–Crippen LogP) is 6.46. The van der Waals surface area contributed by atoms with Crippen LogP contribution in [0.5, 0.6) is 0 Å². The van der Waals surface area contributed by atoms with Gasteiger partial charge in [0.2, 0.25) is 0 Å². The number of hydrogen-bond donors (Lipinski definition) is 0. The van der Waals surface area contributed by atoms with Gasteiger partial charge in [0, 0.05) is 0 Å². The third-order valence-corrected chi connectivity index (χ3v) is 4.26. The Balaban J connectivity index is 0.000000325. The lowest BCUT2D eigenvalue weighted by molar-refractivity contribution is 0.275. The number of carbonyl (C=O) groups is 1. The Bertz CT molecular complexity index is 835. The normalized spacial score (nSPS) is 13.4. The van der Waals surface area contributed by atoms with Crippen LogP contribution in [0.3, 0.4) is 0 Å². The van der Waals surface area contributed by atoms with Crippen LogP contribution >= 0.6 is 23.2 Å². The molecule has 0 aromatic heterocycles. The summed E-state index contributed by atoms with van der Waals surface area (Å²) in [5, 5.41) is 5.64. The maximum absolute atomic E-state index is 8.98. The lowest BCUT2D eigenvalue weighted by Gasteiger charge is -2.18. The summed E-state index contributed by atoms with van der Waals surface area (Å²) < 4.78 is -0.889. The van der Waals surface area contributed by atoms with E-state index in [0.29, 0.717) is 0 Å². The van der Waals surface area contributed by atoms with Crippen molar-refractivity contribution in [1.29, 1.82) is 0 Å². The van der Waals surface area contributed by atoms with E-state index >= 15 is 0 Å². The van der Waals surface area contributed by atoms with E-state index in [4.69, 9.17) is 4.79 Å². The number of hydrogen-bond acceptors (Lipinski definition) is 1. The first-order chi connectivity index (χ1) is 10.7. The van der Waals surface area contributed by atoms with Crippen LogP contribution in [0.15, 0.2) is 48.5 Å². The van der Waals surface area contributed by atoms with Crippen molar-refractivity contribution in [3.63, 3.8) is 0 Å². The first kappa shape index (κ1) is 15.3. The van der Waals surface area contributed by atoms with E-state index in [1.807, 2.05) is 0 Å². The maximum Gasteiger partial charge on any atom is 0.313 e. The van der Waals surface area contributed by atoms with E-state index in [1.54, 1.807) is 11.1 Å². The Morgan fingerprint density at radius 3 is 2.27 bits per heavy atom. The van der Waals surface area contributed by atoms with E-state index in [2.05, 4.69) is 71.7 Å². The molecule has 112 valence electrons. The summed E-state index contributed by atoms with van der Waals surface area (Å²) in [4.78, 5) is 8.98. The molecule has 0 aliphatic heterocycles. The van der Waals surface area contributed by atoms with E-state index < -0.39 is 4.70 Å². The van der Waals surface area contributed by atoms with Gasteiger partial charge in [-0.2, -0.15) is 0 Å². The van der Waals surface area contributed by atoms with E-state index in [0.717, 1.165) is 0 Å². The number of halogens is 2. The second-order valence-corrected chi connectivity index (χ2v) is 6.40. The molecule has 3 heteroatoms. The van der Waals surface area contributed by atoms with Gasteiger partial charge in [-0.3, -0.25) is 4.79 Å². The number of carbonyl (C=O) groups excluding carboxylic acids is 1. The third-order valence-electron chi connectivity index (χ3n) is 4.26. The molecule has 0 amide bonds. The topological polar surface area (TPSA) is 17.1 Å². The molecule has 1 aliphatic carbocycles. The highest BCUT2D eigenvalue weighted by Gasteiger charge is 2.13. The van der Waals surface area contributed by atoms with Gasteiger partial charge in [0.05, 0.1) is 0 Å². The molecule has 22 heavy (non-hydrogen) atoms. The lowest BCUT2D eigenvalue weighted by Crippen LogP contribution is -2.02. The van der Waals surface area contributed by atoms with Crippen LogP contribution in [0.2, 0.25) is 0 Å². The molecule has 0 radical (unpaired) electrons. The highest BCUT2D eigenvalue weighted by molar-refractivity contribution is 6.93. The molecule has 0 N–H and O–H groups in total. The average molecular weight is 331 g/mol. The van der Waals surface area contributed by atoms with Gasteiger partial charge >= 0.3 is 4.70 Å². The highest BCUT2D eigenvalue weighted by atomic mass is 35.5. The van der Waals surface area contributed by atoms with Gasteiger partial charge in [0.1, 0.15) is 0 Å². The molecule has 3 aromatic carbocycles. The zero-order valence-corrected chi connectivity index (χ0v) is 13.6. The van der Waals surface area contributed by atoms with Gasteiger partial charge in [0.15, 0.2) is 0 Å². The van der Waals surface area contributed by atoms with Crippen molar-refractivity contribution in [2.45, 2.75) is 25.7 Å². The summed E-state index contributed by atoms with van der Waals surface area (Å²) in [5.74, 6) is 0. The second kappa shape index (κ2) is 6.68. The molecule has 3 aromatic rings. The molecule has 0 spiro atoms. The van der Waals surface area contributed by atoms with Crippen molar-refractivity contribution in [3.8, 4) is 0 Å². The van der Waals surface area contributed by atoms with Gasteiger partial charge in [-0.05, 0) is 81.6 Å². The summed E-state index contributed by atoms with van der Waals surface area (Å²) in [7, 11) is 0. The smallest absolute Gasteiger partial charge is 0.262 e. The minimum Gasteiger partial charge on any atom is -0.262 e. The molecule has 1 nitrogen and oxygen atoms in total. The molecule has 0 saturated carbocycles. The predicted molar refractivity (Wildman–Crippen MR) is 95.2 cm³/mol. The monoisotopic (exact) mass is 330 g/mol. The number of aryl methyl sites for hydroxylation is 2. The van der Waals surface area contributed by atoms with Crippen LogP contribution in [0.4, 0.5) is 4.79 Å². The van der Waals surface area contributed by atoms with Crippen molar-refractivity contribution >= 4 is 49.4 Å². The Morgan fingerprint density at radius 1 is 0.773 bits per heavy atom. The number of rotatable bonds is 0. The molecule has 0 saturated heterocycles. The van der Waals surface area contributed by atoms with Crippen molar-refractivity contribution in [2.24, 2.45) is 0 Å². The van der Waals surface area contributed by atoms with Crippen LogP contribution in [0, 0.1) is 0 Å². The second-order valence-electron chi connectivity index (χ2n) is 5.52. The van der Waals surface area contributed by atoms with Gasteiger partial charge in [-0.25, -0.2) is 0 Å². The SMILES string of the molecule is O=C(Cl)Cl.c1ccc2c(c1)ccc1c3c(ccc12)CCCC3. The molecule has 4 rings (SSSR count). The fraction of sp³-hybridized carbons (Fsp3) is 0.211. The molecule has 0 fully saturated rings. The zero-order valence-electron chi connectivity index (χ0n) is 12.1. The van der Waals surface area contributed by atoms with E-state index in [1.165, 1.54) is 47.2 Å². The summed E-state index contributed by atoms with van der Waals surface area (Å²) in [5.41, 5.74) is 3.17. The van der Waals surface area contributed by atoms with Crippen molar-refractivity contribution < 1.29 is 4.79 Å². The summed E-state index contributed by atoms with van der Waals surface area (Å²) >= 11 is 8.80. The molecular formula is C19H16Cl2O. The standard InChI is InChI=1S/C18H16.CCl2O/c1-3-7-15-13(5-1)9-11-18-16-8-4-2-6-14(16)10-12-17(15)18;2-1(3)4/h1,3,5,7,9-12H,2,4,6,8H2;. The molecule has 1 aliphatic rings. The van der Waals surface area contributed by atoms with Gasteiger partial charge in [-0.1, -0.05) is 48.5 Å². The quantitative estimate of drug-likeness (QED) is 0.341. The van der Waals surface area contributed by atoms with Crippen molar-refractivity contribution in [2.75, 3.05) is 0 Å².